The van der Waals surface area contributed by atoms with Crippen molar-refractivity contribution in [1.29, 1.82) is 0 Å². The van der Waals surface area contributed by atoms with Crippen molar-refractivity contribution in [1.82, 2.24) is 14.3 Å². The molecule has 0 saturated carbocycles. The lowest BCUT2D eigenvalue weighted by atomic mass is 10.2. The number of nitrogens with one attached hydrogen (secondary N) is 1. The Morgan fingerprint density at radius 2 is 1.79 bits per heavy atom. The number of carbonyl (C=O) groups is 1. The van der Waals surface area contributed by atoms with Crippen molar-refractivity contribution in [2.24, 2.45) is 0 Å². The Kier molecular flexibility index (Phi) is 6.01. The summed E-state index contributed by atoms with van der Waals surface area (Å²) < 4.78 is 26.7. The summed E-state index contributed by atoms with van der Waals surface area (Å²) in [6, 6.07) is 5.83. The molecule has 0 spiro atoms. The number of fused-ring (bicyclic) bond motifs is 1. The van der Waals surface area contributed by atoms with E-state index in [9.17, 15) is 13.2 Å². The largest absolute Gasteiger partial charge is 0.306 e. The van der Waals surface area contributed by atoms with Gasteiger partial charge in [0, 0.05) is 29.9 Å². The topological polar surface area (TPSA) is 92.3 Å². The third-order valence-electron chi connectivity index (χ3n) is 4.53. The van der Waals surface area contributed by atoms with E-state index in [2.05, 4.69) is 28.4 Å². The molecular formula is C20H22N4O3S. The predicted octanol–water partition coefficient (Wildman–Crippen LogP) is 2.58. The van der Waals surface area contributed by atoms with Gasteiger partial charge in [-0.15, -0.1) is 13.2 Å². The van der Waals surface area contributed by atoms with Gasteiger partial charge in [-0.05, 0) is 43.5 Å². The number of hydrogen-bond acceptors (Lipinski definition) is 5. The van der Waals surface area contributed by atoms with Gasteiger partial charge in [-0.1, -0.05) is 12.2 Å². The first-order valence-electron chi connectivity index (χ1n) is 8.93. The van der Waals surface area contributed by atoms with Crippen LogP contribution < -0.4 is 5.32 Å². The Labute approximate surface area is 164 Å². The summed E-state index contributed by atoms with van der Waals surface area (Å²) in [7, 11) is -3.70. The zero-order chi connectivity index (χ0) is 20.1. The Morgan fingerprint density at radius 3 is 2.43 bits per heavy atom. The zero-order valence-corrected chi connectivity index (χ0v) is 16.3. The van der Waals surface area contributed by atoms with Crippen LogP contribution in [0, 0.1) is 0 Å². The number of nitrogens with zero attached hydrogens (tertiary/aromatic N) is 3. The summed E-state index contributed by atoms with van der Waals surface area (Å²) in [5.41, 5.74) is 2.29. The van der Waals surface area contributed by atoms with Crippen LogP contribution in [0.5, 0.6) is 0 Å². The van der Waals surface area contributed by atoms with E-state index in [1.54, 1.807) is 0 Å². The molecule has 1 aliphatic rings. The third-order valence-corrected chi connectivity index (χ3v) is 6.37. The van der Waals surface area contributed by atoms with Crippen molar-refractivity contribution in [3.8, 4) is 0 Å². The number of amides is 1. The highest BCUT2D eigenvalue weighted by Crippen LogP contribution is 2.25. The molecule has 8 heteroatoms. The van der Waals surface area contributed by atoms with Crippen LogP contribution in [0.25, 0.3) is 0 Å². The molecule has 0 fully saturated rings. The van der Waals surface area contributed by atoms with Gasteiger partial charge in [0.05, 0.1) is 4.90 Å². The average molecular weight is 398 g/mol. The third kappa shape index (κ3) is 4.02. The lowest BCUT2D eigenvalue weighted by Gasteiger charge is -2.19. The maximum absolute atomic E-state index is 12.7. The first-order chi connectivity index (χ1) is 13.5. The van der Waals surface area contributed by atoms with Gasteiger partial charge in [0.25, 0.3) is 5.91 Å². The van der Waals surface area contributed by atoms with Crippen LogP contribution in [-0.2, 0) is 22.9 Å². The first kappa shape index (κ1) is 19.9. The molecule has 3 rings (SSSR count). The van der Waals surface area contributed by atoms with Crippen molar-refractivity contribution in [3.63, 3.8) is 0 Å². The SMILES string of the molecule is C=CCN(CC=C)S(=O)(=O)c1ccc(C(=O)Nc2ncnc3c2CCC3)cc1. The fourth-order valence-corrected chi connectivity index (χ4v) is 4.51. The number of benzene rings is 1. The molecule has 1 aromatic heterocycles. The second-order valence-corrected chi connectivity index (χ2v) is 8.32. The van der Waals surface area contributed by atoms with Gasteiger partial charge >= 0.3 is 0 Å². The zero-order valence-electron chi connectivity index (χ0n) is 15.5. The lowest BCUT2D eigenvalue weighted by molar-refractivity contribution is 0.102. The molecule has 1 aromatic carbocycles. The van der Waals surface area contributed by atoms with E-state index in [4.69, 9.17) is 0 Å². The molecule has 7 nitrogen and oxygen atoms in total. The van der Waals surface area contributed by atoms with Crippen LogP contribution in [0.1, 0.15) is 28.0 Å². The molecular weight excluding hydrogens is 376 g/mol. The van der Waals surface area contributed by atoms with Crippen LogP contribution in [0.4, 0.5) is 5.82 Å². The van der Waals surface area contributed by atoms with Gasteiger partial charge in [-0.3, -0.25) is 4.79 Å². The van der Waals surface area contributed by atoms with Crippen molar-refractivity contribution < 1.29 is 13.2 Å². The van der Waals surface area contributed by atoms with Crippen molar-refractivity contribution in [2.75, 3.05) is 18.4 Å². The fraction of sp³-hybridized carbons (Fsp3) is 0.250. The minimum absolute atomic E-state index is 0.107. The minimum Gasteiger partial charge on any atom is -0.306 e. The monoisotopic (exact) mass is 398 g/mol. The minimum atomic E-state index is -3.70. The standard InChI is InChI=1S/C20H22N4O3S/c1-3-12-24(13-4-2)28(26,27)16-10-8-15(9-11-16)20(25)23-19-17-6-5-7-18(17)21-14-22-19/h3-4,8-11,14H,1-2,5-7,12-13H2,(H,21,22,23,25). The van der Waals surface area contributed by atoms with Gasteiger partial charge in [-0.25, -0.2) is 18.4 Å². The predicted molar refractivity (Wildman–Crippen MR) is 108 cm³/mol. The van der Waals surface area contributed by atoms with Gasteiger partial charge < -0.3 is 5.32 Å². The van der Waals surface area contributed by atoms with E-state index in [0.29, 0.717) is 11.4 Å². The molecule has 2 aromatic rings. The highest BCUT2D eigenvalue weighted by Gasteiger charge is 2.23. The van der Waals surface area contributed by atoms with Gasteiger partial charge in [0.2, 0.25) is 10.0 Å². The van der Waals surface area contributed by atoms with Gasteiger partial charge in [0.1, 0.15) is 12.1 Å². The number of aryl methyl sites for hydroxylation is 1. The van der Waals surface area contributed by atoms with Crippen LogP contribution in [-0.4, -0.2) is 41.7 Å². The number of anilines is 1. The smallest absolute Gasteiger partial charge is 0.256 e. The van der Waals surface area contributed by atoms with E-state index in [-0.39, 0.29) is 23.9 Å². The summed E-state index contributed by atoms with van der Waals surface area (Å²) in [5, 5.41) is 2.80. The average Bonchev–Trinajstić information content (AvgIpc) is 3.18. The maximum atomic E-state index is 12.7. The van der Waals surface area contributed by atoms with Gasteiger partial charge in [0.15, 0.2) is 0 Å². The van der Waals surface area contributed by atoms with E-state index in [1.165, 1.54) is 47.1 Å². The summed E-state index contributed by atoms with van der Waals surface area (Å²) in [6.45, 7) is 7.53. The van der Waals surface area contributed by atoms with E-state index in [1.807, 2.05) is 0 Å². The second kappa shape index (κ2) is 8.45. The molecule has 1 heterocycles. The molecule has 0 saturated heterocycles. The van der Waals surface area contributed by atoms with Crippen molar-refractivity contribution >= 4 is 21.7 Å². The molecule has 1 amide bonds. The highest BCUT2D eigenvalue weighted by atomic mass is 32.2. The molecule has 28 heavy (non-hydrogen) atoms. The highest BCUT2D eigenvalue weighted by molar-refractivity contribution is 7.89. The van der Waals surface area contributed by atoms with Crippen LogP contribution in [0.15, 0.2) is 60.8 Å². The van der Waals surface area contributed by atoms with Crippen molar-refractivity contribution in [3.05, 3.63) is 72.7 Å². The maximum Gasteiger partial charge on any atom is 0.256 e. The first-order valence-corrected chi connectivity index (χ1v) is 10.4. The molecule has 1 aliphatic carbocycles. The second-order valence-electron chi connectivity index (χ2n) is 6.38. The molecule has 1 N–H and O–H groups in total. The van der Waals surface area contributed by atoms with E-state index in [0.717, 1.165) is 30.5 Å². The normalized spacial score (nSPS) is 13.2. The molecule has 0 atom stereocenters. The van der Waals surface area contributed by atoms with Crippen LogP contribution in [0.3, 0.4) is 0 Å². The number of carbonyl (C=O) groups excluding carboxylic acids is 1. The Balaban J connectivity index is 1.79. The summed E-state index contributed by atoms with van der Waals surface area (Å²) in [5.74, 6) is 0.179. The summed E-state index contributed by atoms with van der Waals surface area (Å²) >= 11 is 0. The van der Waals surface area contributed by atoms with Crippen LogP contribution in [0.2, 0.25) is 0 Å². The Morgan fingerprint density at radius 1 is 1.11 bits per heavy atom. The Hall–Kier alpha value is -2.84. The molecule has 0 unspecified atom stereocenters. The molecule has 0 radical (unpaired) electrons. The quantitative estimate of drug-likeness (QED) is 0.690. The Bertz CT molecular complexity index is 991. The summed E-state index contributed by atoms with van der Waals surface area (Å²) in [6.07, 6.45) is 7.20. The van der Waals surface area contributed by atoms with E-state index >= 15 is 0 Å². The van der Waals surface area contributed by atoms with Crippen LogP contribution >= 0.6 is 0 Å². The van der Waals surface area contributed by atoms with Gasteiger partial charge in [-0.2, -0.15) is 4.31 Å². The molecule has 0 aliphatic heterocycles. The number of rotatable bonds is 8. The number of hydrogen-bond donors (Lipinski definition) is 1. The number of sulfonamides is 1. The van der Waals surface area contributed by atoms with E-state index < -0.39 is 10.0 Å². The number of aromatic nitrogens is 2. The van der Waals surface area contributed by atoms with Crippen molar-refractivity contribution in [2.45, 2.75) is 24.2 Å². The molecule has 146 valence electrons. The summed E-state index contributed by atoms with van der Waals surface area (Å²) in [4.78, 5) is 21.1. The lowest BCUT2D eigenvalue weighted by Crippen LogP contribution is -2.31. The fourth-order valence-electron chi connectivity index (χ4n) is 3.13. The molecule has 0 bridgehead atoms.